The van der Waals surface area contributed by atoms with E-state index in [1.165, 1.54) is 0 Å². The Balaban J connectivity index is 2.07. The van der Waals surface area contributed by atoms with Crippen molar-refractivity contribution in [1.29, 1.82) is 0 Å². The molecule has 0 N–H and O–H groups in total. The summed E-state index contributed by atoms with van der Waals surface area (Å²) in [6.45, 7) is 8.66. The van der Waals surface area contributed by atoms with Crippen LogP contribution in [0.2, 0.25) is 0 Å². The fourth-order valence-electron chi connectivity index (χ4n) is 2.20. The molecule has 4 heteroatoms. The second-order valence-electron chi connectivity index (χ2n) is 5.39. The average Bonchev–Trinajstić information content (AvgIpc) is 2.86. The predicted octanol–water partition coefficient (Wildman–Crippen LogP) is 3.89. The molecule has 0 aliphatic rings. The Morgan fingerprint density at radius 3 is 2.55 bits per heavy atom. The van der Waals surface area contributed by atoms with E-state index in [9.17, 15) is 4.79 Å². The molecule has 0 fully saturated rings. The molecule has 4 nitrogen and oxygen atoms in total. The van der Waals surface area contributed by atoms with E-state index in [1.807, 2.05) is 62.7 Å². The number of ether oxygens (including phenoxy) is 1. The van der Waals surface area contributed by atoms with E-state index in [2.05, 4.69) is 5.10 Å². The Labute approximate surface area is 131 Å². The van der Waals surface area contributed by atoms with Crippen LogP contribution in [0.5, 0.6) is 5.75 Å². The molecule has 0 amide bonds. The zero-order chi connectivity index (χ0) is 16.1. The van der Waals surface area contributed by atoms with Crippen LogP contribution in [0.25, 0.3) is 6.08 Å². The van der Waals surface area contributed by atoms with E-state index in [-0.39, 0.29) is 11.9 Å². The van der Waals surface area contributed by atoms with Gasteiger partial charge in [0.1, 0.15) is 5.75 Å². The summed E-state index contributed by atoms with van der Waals surface area (Å²) in [4.78, 5) is 12.2. The third-order valence-electron chi connectivity index (χ3n) is 3.35. The minimum Gasteiger partial charge on any atom is -0.491 e. The molecule has 0 bridgehead atoms. The molecule has 2 rings (SSSR count). The minimum absolute atomic E-state index is 0.0280. The zero-order valence-corrected chi connectivity index (χ0v) is 13.5. The molecule has 0 spiro atoms. The Bertz CT molecular complexity index is 667. The van der Waals surface area contributed by atoms with Gasteiger partial charge < -0.3 is 4.74 Å². The second-order valence-corrected chi connectivity index (χ2v) is 5.39. The molecule has 0 radical (unpaired) electrons. The Morgan fingerprint density at radius 1 is 1.32 bits per heavy atom. The highest BCUT2D eigenvalue weighted by Gasteiger charge is 2.10. The molecule has 0 saturated carbocycles. The van der Waals surface area contributed by atoms with Crippen molar-refractivity contribution in [3.8, 4) is 5.75 Å². The quantitative estimate of drug-likeness (QED) is 0.600. The van der Waals surface area contributed by atoms with Gasteiger partial charge in [0.25, 0.3) is 0 Å². The molecular weight excluding hydrogens is 276 g/mol. The van der Waals surface area contributed by atoms with Gasteiger partial charge in [-0.05, 0) is 51.5 Å². The molecule has 116 valence electrons. The number of nitrogens with zero attached hydrogens (tertiary/aromatic N) is 2. The number of allylic oxidation sites excluding steroid dienone is 1. The van der Waals surface area contributed by atoms with E-state index >= 15 is 0 Å². The maximum absolute atomic E-state index is 12.2. The average molecular weight is 298 g/mol. The summed E-state index contributed by atoms with van der Waals surface area (Å²) in [7, 11) is 0. The molecule has 0 saturated heterocycles. The first kappa shape index (κ1) is 16.0. The molecule has 1 aromatic heterocycles. The predicted molar refractivity (Wildman–Crippen MR) is 88.2 cm³/mol. The third kappa shape index (κ3) is 3.85. The number of aromatic nitrogens is 2. The van der Waals surface area contributed by atoms with Crippen molar-refractivity contribution in [2.24, 2.45) is 0 Å². The van der Waals surface area contributed by atoms with Crippen molar-refractivity contribution in [2.45, 2.75) is 40.3 Å². The number of aryl methyl sites for hydroxylation is 1. The van der Waals surface area contributed by atoms with Crippen LogP contribution in [0, 0.1) is 6.92 Å². The van der Waals surface area contributed by atoms with Crippen LogP contribution in [0.15, 0.2) is 36.5 Å². The van der Waals surface area contributed by atoms with Crippen LogP contribution in [-0.2, 0) is 6.54 Å². The van der Waals surface area contributed by atoms with E-state index in [0.717, 1.165) is 23.6 Å². The Hall–Kier alpha value is -2.36. The third-order valence-corrected chi connectivity index (χ3v) is 3.35. The molecule has 0 aliphatic carbocycles. The molecule has 1 aromatic carbocycles. The highest BCUT2D eigenvalue weighted by Crippen LogP contribution is 2.15. The first-order valence-electron chi connectivity index (χ1n) is 7.52. The maximum atomic E-state index is 12.2. The molecule has 0 atom stereocenters. The van der Waals surface area contributed by atoms with Gasteiger partial charge >= 0.3 is 0 Å². The fraction of sp³-hybridized carbons (Fsp3) is 0.333. The van der Waals surface area contributed by atoms with Gasteiger partial charge in [-0.1, -0.05) is 18.2 Å². The number of benzene rings is 1. The molecule has 22 heavy (non-hydrogen) atoms. The summed E-state index contributed by atoms with van der Waals surface area (Å²) >= 11 is 0. The Kier molecular flexibility index (Phi) is 5.15. The molecule has 0 aliphatic heterocycles. The smallest absolute Gasteiger partial charge is 0.189 e. The van der Waals surface area contributed by atoms with Gasteiger partial charge in [-0.25, -0.2) is 0 Å². The van der Waals surface area contributed by atoms with Gasteiger partial charge in [0, 0.05) is 12.2 Å². The molecule has 0 unspecified atom stereocenters. The van der Waals surface area contributed by atoms with Gasteiger partial charge in [-0.2, -0.15) is 5.10 Å². The van der Waals surface area contributed by atoms with Gasteiger partial charge in [0.2, 0.25) is 0 Å². The number of hydrogen-bond donors (Lipinski definition) is 0. The second kappa shape index (κ2) is 7.07. The number of carbonyl (C=O) groups is 1. The minimum atomic E-state index is -0.0280. The lowest BCUT2D eigenvalue weighted by Crippen LogP contribution is -2.05. The van der Waals surface area contributed by atoms with Gasteiger partial charge in [0.15, 0.2) is 5.78 Å². The monoisotopic (exact) mass is 298 g/mol. The van der Waals surface area contributed by atoms with Crippen molar-refractivity contribution in [3.63, 3.8) is 0 Å². The summed E-state index contributed by atoms with van der Waals surface area (Å²) < 4.78 is 7.41. The number of rotatable bonds is 6. The molecule has 2 aromatic rings. The van der Waals surface area contributed by atoms with Gasteiger partial charge in [-0.3, -0.25) is 9.48 Å². The summed E-state index contributed by atoms with van der Waals surface area (Å²) in [5.41, 5.74) is 2.51. The largest absolute Gasteiger partial charge is 0.491 e. The highest BCUT2D eigenvalue weighted by atomic mass is 16.5. The normalized spacial score (nSPS) is 11.3. The van der Waals surface area contributed by atoms with Crippen molar-refractivity contribution in [1.82, 2.24) is 9.78 Å². The number of carbonyl (C=O) groups excluding carboxylic acids is 1. The first-order chi connectivity index (χ1) is 10.5. The van der Waals surface area contributed by atoms with Crippen LogP contribution >= 0.6 is 0 Å². The van der Waals surface area contributed by atoms with Crippen molar-refractivity contribution in [2.75, 3.05) is 0 Å². The standard InChI is InChI=1S/C18H22N2O2/c1-5-20-14(4)17(12-19-20)18(21)11-8-15-6-9-16(10-7-15)22-13(2)3/h6-13H,5H2,1-4H3/b11-8+. The maximum Gasteiger partial charge on any atom is 0.189 e. The van der Waals surface area contributed by atoms with Crippen LogP contribution in [0.3, 0.4) is 0 Å². The lowest BCUT2D eigenvalue weighted by atomic mass is 10.1. The van der Waals surface area contributed by atoms with Crippen LogP contribution in [-0.4, -0.2) is 21.7 Å². The van der Waals surface area contributed by atoms with Crippen molar-refractivity contribution in [3.05, 3.63) is 53.4 Å². The molecule has 1 heterocycles. The van der Waals surface area contributed by atoms with Crippen LogP contribution in [0.4, 0.5) is 0 Å². The van der Waals surface area contributed by atoms with Crippen molar-refractivity contribution >= 4 is 11.9 Å². The summed E-state index contributed by atoms with van der Waals surface area (Å²) in [6.07, 6.45) is 5.18. The zero-order valence-electron chi connectivity index (χ0n) is 13.5. The van der Waals surface area contributed by atoms with E-state index in [1.54, 1.807) is 12.3 Å². The van der Waals surface area contributed by atoms with Gasteiger partial charge in [-0.15, -0.1) is 0 Å². The van der Waals surface area contributed by atoms with E-state index in [0.29, 0.717) is 5.56 Å². The summed E-state index contributed by atoms with van der Waals surface area (Å²) in [5.74, 6) is 0.804. The van der Waals surface area contributed by atoms with E-state index in [4.69, 9.17) is 4.74 Å². The topological polar surface area (TPSA) is 44.1 Å². The number of ketones is 1. The first-order valence-corrected chi connectivity index (χ1v) is 7.52. The van der Waals surface area contributed by atoms with Crippen molar-refractivity contribution < 1.29 is 9.53 Å². The lowest BCUT2D eigenvalue weighted by Gasteiger charge is -2.09. The SMILES string of the molecule is CCn1ncc(C(=O)/C=C/c2ccc(OC(C)C)cc2)c1C. The number of hydrogen-bond acceptors (Lipinski definition) is 3. The molecular formula is C18H22N2O2. The van der Waals surface area contributed by atoms with Crippen LogP contribution in [0.1, 0.15) is 42.4 Å². The summed E-state index contributed by atoms with van der Waals surface area (Å²) in [5, 5.41) is 4.19. The fourth-order valence-corrected chi connectivity index (χ4v) is 2.20. The Morgan fingerprint density at radius 2 is 2.00 bits per heavy atom. The van der Waals surface area contributed by atoms with Gasteiger partial charge in [0.05, 0.1) is 17.9 Å². The highest BCUT2D eigenvalue weighted by molar-refractivity contribution is 6.07. The summed E-state index contributed by atoms with van der Waals surface area (Å²) in [6, 6.07) is 7.68. The lowest BCUT2D eigenvalue weighted by molar-refractivity contribution is 0.104. The van der Waals surface area contributed by atoms with E-state index < -0.39 is 0 Å². The van der Waals surface area contributed by atoms with Crippen LogP contribution < -0.4 is 4.74 Å².